The van der Waals surface area contributed by atoms with Crippen molar-refractivity contribution >= 4 is 22.8 Å². The van der Waals surface area contributed by atoms with E-state index in [2.05, 4.69) is 16.8 Å². The zero-order valence-electron chi connectivity index (χ0n) is 14.2. The van der Waals surface area contributed by atoms with Crippen molar-refractivity contribution in [2.24, 2.45) is 0 Å². The Morgan fingerprint density at radius 2 is 2.08 bits per heavy atom. The summed E-state index contributed by atoms with van der Waals surface area (Å²) in [6.07, 6.45) is 1.94. The number of nitrogens with one attached hydrogen (secondary N) is 1. The average Bonchev–Trinajstić information content (AvgIpc) is 3.18. The molecule has 24 heavy (non-hydrogen) atoms. The number of methoxy groups -OCH3 is 2. The summed E-state index contributed by atoms with van der Waals surface area (Å²) in [5.74, 6) is -0.594. The van der Waals surface area contributed by atoms with E-state index >= 15 is 0 Å². The van der Waals surface area contributed by atoms with Crippen molar-refractivity contribution in [3.8, 4) is 0 Å². The summed E-state index contributed by atoms with van der Waals surface area (Å²) in [4.78, 5) is 29.2. The molecule has 1 saturated heterocycles. The van der Waals surface area contributed by atoms with E-state index < -0.39 is 0 Å². The Hall–Kier alpha value is -2.34. The van der Waals surface area contributed by atoms with Gasteiger partial charge in [-0.1, -0.05) is 6.07 Å². The molecular formula is C18H22N2O4. The predicted molar refractivity (Wildman–Crippen MR) is 89.8 cm³/mol. The van der Waals surface area contributed by atoms with Crippen molar-refractivity contribution in [2.45, 2.75) is 25.3 Å². The van der Waals surface area contributed by atoms with Gasteiger partial charge in [-0.3, -0.25) is 9.69 Å². The van der Waals surface area contributed by atoms with Crippen molar-refractivity contribution in [2.75, 3.05) is 27.3 Å². The number of hydrogen-bond acceptors (Lipinski definition) is 5. The van der Waals surface area contributed by atoms with Crippen LogP contribution in [0, 0.1) is 0 Å². The molecule has 0 amide bonds. The standard InChI is InChI=1S/C18H22N2O4/c1-18(8-5-9-20(18)11-16(21)23-2)15-10-13-12(17(22)24-3)6-4-7-14(13)19-15/h4,6-7,10,19H,5,8-9,11H2,1-3H3. The van der Waals surface area contributed by atoms with Gasteiger partial charge in [-0.15, -0.1) is 0 Å². The number of aromatic amines is 1. The molecule has 0 spiro atoms. The molecule has 1 N–H and O–H groups in total. The molecule has 2 aromatic rings. The van der Waals surface area contributed by atoms with Crippen LogP contribution in [-0.4, -0.2) is 49.1 Å². The molecule has 2 heterocycles. The SMILES string of the molecule is COC(=O)CN1CCCC1(C)c1cc2c(C(=O)OC)cccc2[nH]1. The lowest BCUT2D eigenvalue weighted by molar-refractivity contribution is -0.143. The fourth-order valence-electron chi connectivity index (χ4n) is 3.53. The topological polar surface area (TPSA) is 71.6 Å². The number of aromatic nitrogens is 1. The molecule has 0 bridgehead atoms. The van der Waals surface area contributed by atoms with E-state index in [0.29, 0.717) is 5.56 Å². The van der Waals surface area contributed by atoms with Gasteiger partial charge in [0.1, 0.15) is 0 Å². The minimum Gasteiger partial charge on any atom is -0.468 e. The molecule has 1 fully saturated rings. The third kappa shape index (κ3) is 2.67. The quantitative estimate of drug-likeness (QED) is 0.872. The number of hydrogen-bond donors (Lipinski definition) is 1. The van der Waals surface area contributed by atoms with Gasteiger partial charge in [-0.2, -0.15) is 0 Å². The van der Waals surface area contributed by atoms with Crippen molar-refractivity contribution in [1.82, 2.24) is 9.88 Å². The van der Waals surface area contributed by atoms with E-state index in [0.717, 1.165) is 36.0 Å². The van der Waals surface area contributed by atoms with Crippen molar-refractivity contribution in [3.63, 3.8) is 0 Å². The fraction of sp³-hybridized carbons (Fsp3) is 0.444. The molecule has 1 aliphatic rings. The molecule has 1 aromatic carbocycles. The first-order chi connectivity index (χ1) is 11.5. The summed E-state index contributed by atoms with van der Waals surface area (Å²) in [5.41, 5.74) is 2.13. The van der Waals surface area contributed by atoms with Gasteiger partial charge in [-0.25, -0.2) is 4.79 Å². The van der Waals surface area contributed by atoms with E-state index in [9.17, 15) is 9.59 Å². The number of nitrogens with zero attached hydrogens (tertiary/aromatic N) is 1. The van der Waals surface area contributed by atoms with Crippen LogP contribution >= 0.6 is 0 Å². The Bertz CT molecular complexity index is 782. The van der Waals surface area contributed by atoms with Crippen LogP contribution in [0.3, 0.4) is 0 Å². The van der Waals surface area contributed by atoms with Gasteiger partial charge < -0.3 is 14.5 Å². The number of H-pyrrole nitrogens is 1. The zero-order chi connectivity index (χ0) is 17.3. The number of benzene rings is 1. The fourth-order valence-corrected chi connectivity index (χ4v) is 3.53. The maximum atomic E-state index is 12.0. The van der Waals surface area contributed by atoms with Crippen molar-refractivity contribution in [1.29, 1.82) is 0 Å². The molecule has 1 aliphatic heterocycles. The minimum atomic E-state index is -0.353. The van der Waals surface area contributed by atoms with Gasteiger partial charge in [-0.05, 0) is 44.5 Å². The van der Waals surface area contributed by atoms with Gasteiger partial charge in [0.05, 0.1) is 31.9 Å². The maximum absolute atomic E-state index is 12.0. The Kier molecular flexibility index (Phi) is 4.32. The zero-order valence-corrected chi connectivity index (χ0v) is 14.2. The van der Waals surface area contributed by atoms with Crippen LogP contribution in [0.1, 0.15) is 35.8 Å². The highest BCUT2D eigenvalue weighted by molar-refractivity contribution is 6.04. The smallest absolute Gasteiger partial charge is 0.338 e. The molecule has 0 aliphatic carbocycles. The first kappa shape index (κ1) is 16.5. The van der Waals surface area contributed by atoms with Crippen LogP contribution in [0.5, 0.6) is 0 Å². The van der Waals surface area contributed by atoms with E-state index in [1.807, 2.05) is 18.2 Å². The highest BCUT2D eigenvalue weighted by Gasteiger charge is 2.40. The summed E-state index contributed by atoms with van der Waals surface area (Å²) in [6, 6.07) is 7.53. The van der Waals surface area contributed by atoms with Crippen LogP contribution in [0.2, 0.25) is 0 Å². The average molecular weight is 330 g/mol. The van der Waals surface area contributed by atoms with Crippen LogP contribution in [0.25, 0.3) is 10.9 Å². The predicted octanol–water partition coefficient (Wildman–Crippen LogP) is 2.44. The molecule has 0 radical (unpaired) electrons. The first-order valence-corrected chi connectivity index (χ1v) is 8.02. The molecule has 6 heteroatoms. The maximum Gasteiger partial charge on any atom is 0.338 e. The summed E-state index contributed by atoms with van der Waals surface area (Å²) in [7, 11) is 2.78. The first-order valence-electron chi connectivity index (χ1n) is 8.02. The number of carbonyl (C=O) groups is 2. The van der Waals surface area contributed by atoms with Gasteiger partial charge >= 0.3 is 11.9 Å². The number of ether oxygens (including phenoxy) is 2. The van der Waals surface area contributed by atoms with Gasteiger partial charge in [0.25, 0.3) is 0 Å². The number of likely N-dealkylation sites (tertiary alicyclic amines) is 1. The van der Waals surface area contributed by atoms with Crippen molar-refractivity contribution < 1.29 is 19.1 Å². The second kappa shape index (κ2) is 6.28. The van der Waals surface area contributed by atoms with Crippen LogP contribution in [-0.2, 0) is 19.8 Å². The Labute approximate surface area is 140 Å². The number of fused-ring (bicyclic) bond motifs is 1. The van der Waals surface area contributed by atoms with Crippen LogP contribution in [0.4, 0.5) is 0 Å². The molecule has 3 rings (SSSR count). The van der Waals surface area contributed by atoms with Crippen molar-refractivity contribution in [3.05, 3.63) is 35.5 Å². The van der Waals surface area contributed by atoms with E-state index in [1.165, 1.54) is 14.2 Å². The number of esters is 2. The summed E-state index contributed by atoms with van der Waals surface area (Å²) in [5, 5.41) is 0.838. The Balaban J connectivity index is 2.02. The monoisotopic (exact) mass is 330 g/mol. The van der Waals surface area contributed by atoms with Gasteiger partial charge in [0.15, 0.2) is 0 Å². The van der Waals surface area contributed by atoms with E-state index in [4.69, 9.17) is 9.47 Å². The van der Waals surface area contributed by atoms with Crippen LogP contribution in [0.15, 0.2) is 24.3 Å². The molecule has 1 unspecified atom stereocenters. The van der Waals surface area contributed by atoms with Gasteiger partial charge in [0, 0.05) is 16.6 Å². The lowest BCUT2D eigenvalue weighted by Gasteiger charge is -2.33. The minimum absolute atomic E-state index is 0.241. The second-order valence-corrected chi connectivity index (χ2v) is 6.32. The number of carbonyl (C=O) groups excluding carboxylic acids is 2. The lowest BCUT2D eigenvalue weighted by Crippen LogP contribution is -2.42. The molecular weight excluding hydrogens is 308 g/mol. The van der Waals surface area contributed by atoms with E-state index in [-0.39, 0.29) is 24.0 Å². The summed E-state index contributed by atoms with van der Waals surface area (Å²) < 4.78 is 9.68. The molecule has 6 nitrogen and oxygen atoms in total. The normalized spacial score (nSPS) is 21.1. The summed E-state index contributed by atoms with van der Waals surface area (Å²) in [6.45, 7) is 3.21. The third-order valence-electron chi connectivity index (χ3n) is 4.99. The third-order valence-corrected chi connectivity index (χ3v) is 4.99. The summed E-state index contributed by atoms with van der Waals surface area (Å²) >= 11 is 0. The second-order valence-electron chi connectivity index (χ2n) is 6.32. The highest BCUT2D eigenvalue weighted by atomic mass is 16.5. The van der Waals surface area contributed by atoms with Crippen LogP contribution < -0.4 is 0 Å². The largest absolute Gasteiger partial charge is 0.468 e. The number of rotatable bonds is 4. The molecule has 1 atom stereocenters. The molecule has 0 saturated carbocycles. The molecule has 1 aromatic heterocycles. The highest BCUT2D eigenvalue weighted by Crippen LogP contribution is 2.39. The lowest BCUT2D eigenvalue weighted by atomic mass is 9.94. The van der Waals surface area contributed by atoms with Gasteiger partial charge in [0.2, 0.25) is 0 Å². The Morgan fingerprint density at radius 3 is 2.79 bits per heavy atom. The molecule has 128 valence electrons. The Morgan fingerprint density at radius 1 is 1.29 bits per heavy atom. The van der Waals surface area contributed by atoms with E-state index in [1.54, 1.807) is 6.07 Å².